The van der Waals surface area contributed by atoms with E-state index in [9.17, 15) is 4.79 Å². The summed E-state index contributed by atoms with van der Waals surface area (Å²) >= 11 is 0. The van der Waals surface area contributed by atoms with Crippen molar-refractivity contribution in [2.45, 2.75) is 52.6 Å². The van der Waals surface area contributed by atoms with E-state index in [0.29, 0.717) is 24.7 Å². The van der Waals surface area contributed by atoms with Crippen LogP contribution in [-0.2, 0) is 19.0 Å². The highest BCUT2D eigenvalue weighted by molar-refractivity contribution is 5.87. The zero-order valence-corrected chi connectivity index (χ0v) is 12.9. The van der Waals surface area contributed by atoms with Gasteiger partial charge in [0.05, 0.1) is 19.1 Å². The van der Waals surface area contributed by atoms with Gasteiger partial charge in [-0.3, -0.25) is 5.41 Å². The van der Waals surface area contributed by atoms with Gasteiger partial charge in [-0.1, -0.05) is 13.5 Å². The number of rotatable bonds is 11. The Kier molecular flexibility index (Phi) is 10.7. The van der Waals surface area contributed by atoms with E-state index in [2.05, 4.69) is 20.4 Å². The molecule has 0 rings (SSSR count). The first-order valence-corrected chi connectivity index (χ1v) is 7.11. The Balaban J connectivity index is 3.41. The Morgan fingerprint density at radius 3 is 2.45 bits per heavy atom. The van der Waals surface area contributed by atoms with Crippen LogP contribution >= 0.6 is 0 Å². The lowest BCUT2D eigenvalue weighted by molar-refractivity contribution is -0.138. The molecule has 0 saturated heterocycles. The summed E-state index contributed by atoms with van der Waals surface area (Å²) in [4.78, 5) is 11.1. The fourth-order valence-corrected chi connectivity index (χ4v) is 1.23. The zero-order valence-electron chi connectivity index (χ0n) is 12.9. The first kappa shape index (κ1) is 18.6. The number of nitrogens with one attached hydrogen (secondary N) is 1. The van der Waals surface area contributed by atoms with E-state index in [1.807, 2.05) is 0 Å². The molecule has 0 spiro atoms. The Hall–Kier alpha value is -1.36. The predicted molar refractivity (Wildman–Crippen MR) is 79.0 cm³/mol. The molecular formula is C15H27NO4. The quantitative estimate of drug-likeness (QED) is 0.208. The zero-order chi connectivity index (χ0) is 15.4. The van der Waals surface area contributed by atoms with Gasteiger partial charge in [-0.25, -0.2) is 4.79 Å². The maximum atomic E-state index is 11.1. The summed E-state index contributed by atoms with van der Waals surface area (Å²) in [7, 11) is 0. The van der Waals surface area contributed by atoms with Crippen molar-refractivity contribution in [3.05, 3.63) is 12.2 Å². The minimum Gasteiger partial charge on any atom is -0.481 e. The molecule has 0 fully saturated rings. The van der Waals surface area contributed by atoms with Gasteiger partial charge in [-0.05, 0) is 33.1 Å². The van der Waals surface area contributed by atoms with Crippen LogP contribution in [0.15, 0.2) is 12.2 Å². The maximum absolute atomic E-state index is 11.1. The Morgan fingerprint density at radius 2 is 1.85 bits per heavy atom. The van der Waals surface area contributed by atoms with Crippen molar-refractivity contribution in [2.24, 2.45) is 0 Å². The molecule has 116 valence electrons. The van der Waals surface area contributed by atoms with Crippen molar-refractivity contribution in [1.82, 2.24) is 0 Å². The van der Waals surface area contributed by atoms with Gasteiger partial charge in [0, 0.05) is 12.2 Å². The van der Waals surface area contributed by atoms with Crippen molar-refractivity contribution in [1.29, 1.82) is 5.41 Å². The molecule has 0 aliphatic rings. The number of carbonyl (C=O) groups excluding carboxylic acids is 1. The third-order valence-corrected chi connectivity index (χ3v) is 2.70. The van der Waals surface area contributed by atoms with Gasteiger partial charge in [0.25, 0.3) is 0 Å². The number of hydrogen-bond acceptors (Lipinski definition) is 5. The smallest absolute Gasteiger partial charge is 0.333 e. The standard InChI is InChI=1S/C15H27NO4/c1-5-13(4)18-9-6-7-10-19-14(16)8-11-20-15(17)12(2)3/h13,16H,2,5-11H2,1,3-4H3. The highest BCUT2D eigenvalue weighted by atomic mass is 16.5. The molecule has 0 aromatic carbocycles. The van der Waals surface area contributed by atoms with E-state index >= 15 is 0 Å². The fourth-order valence-electron chi connectivity index (χ4n) is 1.23. The lowest BCUT2D eigenvalue weighted by Crippen LogP contribution is -2.13. The molecule has 5 heteroatoms. The van der Waals surface area contributed by atoms with Crippen LogP contribution < -0.4 is 0 Å². The summed E-state index contributed by atoms with van der Waals surface area (Å²) in [6, 6.07) is 0. The molecule has 0 aromatic rings. The van der Waals surface area contributed by atoms with Crippen molar-refractivity contribution >= 4 is 11.9 Å². The monoisotopic (exact) mass is 285 g/mol. The lowest BCUT2D eigenvalue weighted by atomic mass is 10.3. The van der Waals surface area contributed by atoms with E-state index in [0.717, 1.165) is 25.9 Å². The highest BCUT2D eigenvalue weighted by Gasteiger charge is 2.05. The largest absolute Gasteiger partial charge is 0.481 e. The summed E-state index contributed by atoms with van der Waals surface area (Å²) in [6.07, 6.45) is 3.39. The summed E-state index contributed by atoms with van der Waals surface area (Å²) in [5.41, 5.74) is 0.360. The molecule has 0 amide bonds. The fraction of sp³-hybridized carbons (Fsp3) is 0.733. The van der Waals surface area contributed by atoms with Crippen molar-refractivity contribution in [3.63, 3.8) is 0 Å². The van der Waals surface area contributed by atoms with Crippen LogP contribution in [0.1, 0.15) is 46.5 Å². The van der Waals surface area contributed by atoms with E-state index in [-0.39, 0.29) is 12.5 Å². The van der Waals surface area contributed by atoms with E-state index in [1.165, 1.54) is 0 Å². The summed E-state index contributed by atoms with van der Waals surface area (Å²) < 4.78 is 15.6. The minimum atomic E-state index is -0.431. The van der Waals surface area contributed by atoms with E-state index in [1.54, 1.807) is 6.92 Å². The van der Waals surface area contributed by atoms with Crippen molar-refractivity contribution in [2.75, 3.05) is 19.8 Å². The Labute approximate surface area is 121 Å². The summed E-state index contributed by atoms with van der Waals surface area (Å²) in [5, 5.41) is 7.55. The SMILES string of the molecule is C=C(C)C(=O)OCCC(=N)OCCCCOC(C)CC. The second kappa shape index (κ2) is 11.5. The topological polar surface area (TPSA) is 68.6 Å². The van der Waals surface area contributed by atoms with E-state index < -0.39 is 5.97 Å². The van der Waals surface area contributed by atoms with Crippen LogP contribution in [0.5, 0.6) is 0 Å². The van der Waals surface area contributed by atoms with Gasteiger partial charge in [0.1, 0.15) is 6.61 Å². The molecule has 0 aliphatic carbocycles. The van der Waals surface area contributed by atoms with E-state index in [4.69, 9.17) is 19.6 Å². The molecule has 1 unspecified atom stereocenters. The Morgan fingerprint density at radius 1 is 1.20 bits per heavy atom. The van der Waals surface area contributed by atoms with Crippen LogP contribution in [0.4, 0.5) is 0 Å². The molecule has 5 nitrogen and oxygen atoms in total. The molecule has 0 bridgehead atoms. The molecular weight excluding hydrogens is 258 g/mol. The van der Waals surface area contributed by atoms with Gasteiger partial charge < -0.3 is 14.2 Å². The van der Waals surface area contributed by atoms with Gasteiger partial charge in [-0.2, -0.15) is 0 Å². The maximum Gasteiger partial charge on any atom is 0.333 e. The van der Waals surface area contributed by atoms with Gasteiger partial charge in [0.15, 0.2) is 5.90 Å². The van der Waals surface area contributed by atoms with Gasteiger partial charge in [0.2, 0.25) is 0 Å². The first-order valence-electron chi connectivity index (χ1n) is 7.11. The average molecular weight is 285 g/mol. The molecule has 0 saturated carbocycles. The second-order valence-corrected chi connectivity index (χ2v) is 4.73. The van der Waals surface area contributed by atoms with Crippen LogP contribution in [0.2, 0.25) is 0 Å². The third-order valence-electron chi connectivity index (χ3n) is 2.70. The van der Waals surface area contributed by atoms with Crippen molar-refractivity contribution < 1.29 is 19.0 Å². The molecule has 1 N–H and O–H groups in total. The highest BCUT2D eigenvalue weighted by Crippen LogP contribution is 2.00. The normalized spacial score (nSPS) is 11.8. The molecule has 20 heavy (non-hydrogen) atoms. The number of ether oxygens (including phenoxy) is 3. The molecule has 0 aromatic heterocycles. The first-order chi connectivity index (χ1) is 9.47. The molecule has 1 atom stereocenters. The number of hydrogen-bond donors (Lipinski definition) is 1. The van der Waals surface area contributed by atoms with Crippen molar-refractivity contribution in [3.8, 4) is 0 Å². The third kappa shape index (κ3) is 10.6. The average Bonchev–Trinajstić information content (AvgIpc) is 2.41. The second-order valence-electron chi connectivity index (χ2n) is 4.73. The Bertz CT molecular complexity index is 315. The van der Waals surface area contributed by atoms with Crippen LogP contribution in [0, 0.1) is 5.41 Å². The minimum absolute atomic E-state index is 0.141. The predicted octanol–water partition coefficient (Wildman–Crippen LogP) is 3.08. The van der Waals surface area contributed by atoms with Crippen LogP contribution in [-0.4, -0.2) is 37.8 Å². The summed E-state index contributed by atoms with van der Waals surface area (Å²) in [5.74, 6) is -0.289. The van der Waals surface area contributed by atoms with Gasteiger partial charge >= 0.3 is 5.97 Å². The molecule has 0 radical (unpaired) electrons. The van der Waals surface area contributed by atoms with Gasteiger partial charge in [-0.15, -0.1) is 0 Å². The van der Waals surface area contributed by atoms with Crippen LogP contribution in [0.25, 0.3) is 0 Å². The molecule has 0 heterocycles. The number of esters is 1. The number of unbranched alkanes of at least 4 members (excludes halogenated alkanes) is 1. The molecule has 0 aliphatic heterocycles. The van der Waals surface area contributed by atoms with Crippen LogP contribution in [0.3, 0.4) is 0 Å². The summed E-state index contributed by atoms with van der Waals surface area (Å²) in [6.45, 7) is 10.6. The lowest BCUT2D eigenvalue weighted by Gasteiger charge is -2.11. The number of carbonyl (C=O) groups is 1.